The molecule has 2 rings (SSSR count). The minimum absolute atomic E-state index is 0.219. The maximum atomic E-state index is 12.1. The quantitative estimate of drug-likeness (QED) is 0.824. The lowest BCUT2D eigenvalue weighted by molar-refractivity contribution is 0.102. The first-order chi connectivity index (χ1) is 9.11. The van der Waals surface area contributed by atoms with Crippen LogP contribution in [-0.2, 0) is 0 Å². The van der Waals surface area contributed by atoms with Gasteiger partial charge >= 0.3 is 0 Å². The molecule has 2 aromatic carbocycles. The zero-order chi connectivity index (χ0) is 13.8. The van der Waals surface area contributed by atoms with Gasteiger partial charge in [-0.25, -0.2) is 0 Å². The molecule has 0 radical (unpaired) electrons. The molecule has 0 saturated heterocycles. The minimum Gasteiger partial charge on any atom is -0.398 e. The van der Waals surface area contributed by atoms with Gasteiger partial charge in [0.2, 0.25) is 0 Å². The highest BCUT2D eigenvalue weighted by Crippen LogP contribution is 2.24. The van der Waals surface area contributed by atoms with Crippen molar-refractivity contribution in [1.29, 1.82) is 5.26 Å². The number of nitrogen functional groups attached to an aromatic ring is 1. The van der Waals surface area contributed by atoms with E-state index >= 15 is 0 Å². The van der Waals surface area contributed by atoms with E-state index in [1.807, 2.05) is 6.07 Å². The fraction of sp³-hybridized carbons (Fsp3) is 0. The Balaban J connectivity index is 2.26. The molecule has 0 aromatic heterocycles. The molecule has 1 amide bonds. The van der Waals surface area contributed by atoms with Gasteiger partial charge in [-0.3, -0.25) is 4.79 Å². The molecule has 0 aliphatic carbocycles. The van der Waals surface area contributed by atoms with Gasteiger partial charge in [0, 0.05) is 5.69 Å². The number of nitrogens with two attached hydrogens (primary N) is 1. The standard InChI is InChI=1S/C14H10ClN3O/c15-13-11(5-2-6-12(13)17)14(19)18-10-4-1-3-9(7-10)8-16/h1-7H,17H2,(H,18,19). The number of amides is 1. The van der Waals surface area contributed by atoms with E-state index in [0.29, 0.717) is 22.5 Å². The fourth-order valence-electron chi connectivity index (χ4n) is 1.59. The van der Waals surface area contributed by atoms with Gasteiger partial charge in [0.15, 0.2) is 0 Å². The Labute approximate surface area is 115 Å². The number of anilines is 2. The Bertz CT molecular complexity index is 677. The van der Waals surface area contributed by atoms with Crippen LogP contribution in [-0.4, -0.2) is 5.91 Å². The Morgan fingerprint density at radius 2 is 2.00 bits per heavy atom. The Morgan fingerprint density at radius 1 is 1.26 bits per heavy atom. The zero-order valence-electron chi connectivity index (χ0n) is 9.85. The lowest BCUT2D eigenvalue weighted by Gasteiger charge is -2.08. The van der Waals surface area contributed by atoms with Crippen molar-refractivity contribution in [3.63, 3.8) is 0 Å². The Morgan fingerprint density at radius 3 is 2.74 bits per heavy atom. The second kappa shape index (κ2) is 5.42. The van der Waals surface area contributed by atoms with Crippen LogP contribution >= 0.6 is 11.6 Å². The second-order valence-electron chi connectivity index (χ2n) is 3.86. The van der Waals surface area contributed by atoms with E-state index in [4.69, 9.17) is 22.6 Å². The minimum atomic E-state index is -0.368. The van der Waals surface area contributed by atoms with Gasteiger partial charge in [-0.15, -0.1) is 0 Å². The first-order valence-electron chi connectivity index (χ1n) is 5.47. The molecule has 3 N–H and O–H groups in total. The molecule has 0 aliphatic rings. The highest BCUT2D eigenvalue weighted by Gasteiger charge is 2.12. The van der Waals surface area contributed by atoms with Crippen LogP contribution in [0.25, 0.3) is 0 Å². The highest BCUT2D eigenvalue weighted by atomic mass is 35.5. The summed E-state index contributed by atoms with van der Waals surface area (Å²) in [7, 11) is 0. The fourth-order valence-corrected chi connectivity index (χ4v) is 1.80. The molecular weight excluding hydrogens is 262 g/mol. The molecule has 0 saturated carbocycles. The van der Waals surface area contributed by atoms with Crippen LogP contribution in [0.15, 0.2) is 42.5 Å². The van der Waals surface area contributed by atoms with E-state index in [1.54, 1.807) is 42.5 Å². The van der Waals surface area contributed by atoms with Crippen molar-refractivity contribution in [2.24, 2.45) is 0 Å². The number of nitriles is 1. The lowest BCUT2D eigenvalue weighted by Crippen LogP contribution is -2.13. The number of rotatable bonds is 2. The third-order valence-corrected chi connectivity index (χ3v) is 2.94. The molecule has 0 heterocycles. The molecule has 0 spiro atoms. The maximum absolute atomic E-state index is 12.1. The SMILES string of the molecule is N#Cc1cccc(NC(=O)c2cccc(N)c2Cl)c1. The number of nitrogens with zero attached hydrogens (tertiary/aromatic N) is 1. The summed E-state index contributed by atoms with van der Waals surface area (Å²) >= 11 is 5.97. The van der Waals surface area contributed by atoms with Crippen molar-refractivity contribution in [3.8, 4) is 6.07 Å². The topological polar surface area (TPSA) is 78.9 Å². The van der Waals surface area contributed by atoms with Crippen molar-refractivity contribution in [2.75, 3.05) is 11.1 Å². The summed E-state index contributed by atoms with van der Waals surface area (Å²) in [5.41, 5.74) is 7.28. The average Bonchev–Trinajstić information content (AvgIpc) is 2.42. The summed E-state index contributed by atoms with van der Waals surface area (Å²) in [6.45, 7) is 0. The van der Waals surface area contributed by atoms with Crippen LogP contribution in [0.1, 0.15) is 15.9 Å². The number of nitrogens with one attached hydrogen (secondary N) is 1. The molecule has 0 unspecified atom stereocenters. The summed E-state index contributed by atoms with van der Waals surface area (Å²) in [5.74, 6) is -0.368. The zero-order valence-corrected chi connectivity index (χ0v) is 10.6. The van der Waals surface area contributed by atoms with E-state index in [1.165, 1.54) is 0 Å². The molecule has 5 heteroatoms. The van der Waals surface area contributed by atoms with Crippen LogP contribution in [0.4, 0.5) is 11.4 Å². The molecule has 0 bridgehead atoms. The lowest BCUT2D eigenvalue weighted by atomic mass is 10.1. The monoisotopic (exact) mass is 271 g/mol. The summed E-state index contributed by atoms with van der Waals surface area (Å²) < 4.78 is 0. The number of carbonyl (C=O) groups is 1. The number of hydrogen-bond donors (Lipinski definition) is 2. The maximum Gasteiger partial charge on any atom is 0.257 e. The van der Waals surface area contributed by atoms with Gasteiger partial charge < -0.3 is 11.1 Å². The first-order valence-corrected chi connectivity index (χ1v) is 5.85. The number of carbonyl (C=O) groups excluding carboxylic acids is 1. The van der Waals surface area contributed by atoms with Gasteiger partial charge in [0.1, 0.15) is 0 Å². The van der Waals surface area contributed by atoms with Crippen LogP contribution in [0.2, 0.25) is 5.02 Å². The van der Waals surface area contributed by atoms with Gasteiger partial charge in [0.25, 0.3) is 5.91 Å². The normalized spacial score (nSPS) is 9.68. The van der Waals surface area contributed by atoms with E-state index in [9.17, 15) is 4.79 Å². The molecular formula is C14H10ClN3O. The second-order valence-corrected chi connectivity index (χ2v) is 4.23. The van der Waals surface area contributed by atoms with Crippen molar-refractivity contribution in [1.82, 2.24) is 0 Å². The third kappa shape index (κ3) is 2.84. The van der Waals surface area contributed by atoms with E-state index < -0.39 is 0 Å². The van der Waals surface area contributed by atoms with Gasteiger partial charge in [-0.1, -0.05) is 23.7 Å². The van der Waals surface area contributed by atoms with Crippen molar-refractivity contribution >= 4 is 28.9 Å². The van der Waals surface area contributed by atoms with Crippen LogP contribution in [0, 0.1) is 11.3 Å². The molecule has 0 atom stereocenters. The molecule has 0 fully saturated rings. The van der Waals surface area contributed by atoms with E-state index in [2.05, 4.69) is 5.32 Å². The summed E-state index contributed by atoms with van der Waals surface area (Å²) in [5, 5.41) is 11.7. The number of hydrogen-bond acceptors (Lipinski definition) is 3. The van der Waals surface area contributed by atoms with Crippen molar-refractivity contribution in [3.05, 3.63) is 58.6 Å². The molecule has 4 nitrogen and oxygen atoms in total. The predicted octanol–water partition coefficient (Wildman–Crippen LogP) is 3.05. The van der Waals surface area contributed by atoms with Crippen molar-refractivity contribution in [2.45, 2.75) is 0 Å². The summed E-state index contributed by atoms with van der Waals surface area (Å²) in [6, 6.07) is 13.5. The largest absolute Gasteiger partial charge is 0.398 e. The van der Waals surface area contributed by atoms with Crippen molar-refractivity contribution < 1.29 is 4.79 Å². The average molecular weight is 272 g/mol. The van der Waals surface area contributed by atoms with Gasteiger partial charge in [0.05, 0.1) is 27.9 Å². The van der Waals surface area contributed by atoms with Gasteiger partial charge in [-0.05, 0) is 30.3 Å². The summed E-state index contributed by atoms with van der Waals surface area (Å²) in [4.78, 5) is 12.1. The van der Waals surface area contributed by atoms with Crippen LogP contribution in [0.5, 0.6) is 0 Å². The first kappa shape index (κ1) is 12.9. The van der Waals surface area contributed by atoms with Gasteiger partial charge in [-0.2, -0.15) is 5.26 Å². The Hall–Kier alpha value is -2.51. The predicted molar refractivity (Wildman–Crippen MR) is 75.0 cm³/mol. The van der Waals surface area contributed by atoms with E-state index in [-0.39, 0.29) is 10.9 Å². The van der Waals surface area contributed by atoms with E-state index in [0.717, 1.165) is 0 Å². The molecule has 19 heavy (non-hydrogen) atoms. The molecule has 2 aromatic rings. The van der Waals surface area contributed by atoms with Crippen LogP contribution in [0.3, 0.4) is 0 Å². The smallest absolute Gasteiger partial charge is 0.257 e. The molecule has 0 aliphatic heterocycles. The Kier molecular flexibility index (Phi) is 3.69. The highest BCUT2D eigenvalue weighted by molar-refractivity contribution is 6.36. The summed E-state index contributed by atoms with van der Waals surface area (Å²) in [6.07, 6.45) is 0. The third-order valence-electron chi connectivity index (χ3n) is 2.52. The number of halogens is 1. The molecule has 94 valence electrons. The number of benzene rings is 2. The van der Waals surface area contributed by atoms with Crippen LogP contribution < -0.4 is 11.1 Å².